The zero-order valence-corrected chi connectivity index (χ0v) is 17.1. The van der Waals surface area contributed by atoms with Crippen molar-refractivity contribution in [3.05, 3.63) is 68.9 Å². The van der Waals surface area contributed by atoms with Crippen molar-refractivity contribution in [3.63, 3.8) is 0 Å². The summed E-state index contributed by atoms with van der Waals surface area (Å²) < 4.78 is 12.9. The van der Waals surface area contributed by atoms with Crippen LogP contribution in [0.5, 0.6) is 5.75 Å². The number of Topliss-reactive ketones (excluding diaryl/α,β-unsaturated/α-hetero) is 1. The van der Waals surface area contributed by atoms with Crippen LogP contribution >= 0.6 is 11.3 Å². The Balaban J connectivity index is 1.65. The number of hydrogen-bond donors (Lipinski definition) is 0. The lowest BCUT2D eigenvalue weighted by molar-refractivity contribution is 0.0470. The molecule has 0 aliphatic carbocycles. The first-order valence-corrected chi connectivity index (χ1v) is 9.71. The van der Waals surface area contributed by atoms with Crippen molar-refractivity contribution in [2.45, 2.75) is 27.4 Å². The van der Waals surface area contributed by atoms with Crippen molar-refractivity contribution >= 4 is 23.1 Å². The molecule has 0 saturated carbocycles. The third kappa shape index (κ3) is 4.31. The number of aromatic nitrogens is 2. The Morgan fingerprint density at radius 2 is 1.89 bits per heavy atom. The molecule has 1 aromatic carbocycles. The summed E-state index contributed by atoms with van der Waals surface area (Å²) in [5, 5.41) is 2.87. The van der Waals surface area contributed by atoms with Gasteiger partial charge in [0.25, 0.3) is 0 Å². The molecule has 0 bridgehead atoms. The van der Waals surface area contributed by atoms with Crippen molar-refractivity contribution in [1.29, 1.82) is 0 Å². The van der Waals surface area contributed by atoms with E-state index in [1.807, 2.05) is 37.8 Å². The summed E-state index contributed by atoms with van der Waals surface area (Å²) in [5.41, 5.74) is 3.47. The van der Waals surface area contributed by atoms with E-state index in [9.17, 15) is 9.59 Å². The topological polar surface area (TPSA) is 70.4 Å². The minimum atomic E-state index is -0.594. The van der Waals surface area contributed by atoms with Crippen LogP contribution in [0.25, 0.3) is 0 Å². The number of carbonyl (C=O) groups excluding carboxylic acids is 2. The Labute approximate surface area is 167 Å². The predicted octanol–water partition coefficient (Wildman–Crippen LogP) is 4.03. The molecule has 0 amide bonds. The highest BCUT2D eigenvalue weighted by atomic mass is 32.1. The van der Waals surface area contributed by atoms with E-state index in [4.69, 9.17) is 9.47 Å². The molecule has 6 nitrogen and oxygen atoms in total. The summed E-state index contributed by atoms with van der Waals surface area (Å²) in [6.45, 7) is 5.66. The average molecular weight is 398 g/mol. The second kappa shape index (κ2) is 8.39. The second-order valence-corrected chi connectivity index (χ2v) is 7.55. The molecule has 2 heterocycles. The van der Waals surface area contributed by atoms with E-state index in [0.717, 1.165) is 22.1 Å². The molecule has 0 saturated heterocycles. The first kappa shape index (κ1) is 19.8. The fourth-order valence-corrected chi connectivity index (χ4v) is 3.41. The van der Waals surface area contributed by atoms with Gasteiger partial charge < -0.3 is 14.0 Å². The lowest BCUT2D eigenvalue weighted by atomic mass is 10.1. The molecule has 0 aliphatic heterocycles. The number of esters is 1. The van der Waals surface area contributed by atoms with Gasteiger partial charge in [-0.2, -0.15) is 0 Å². The first-order valence-electron chi connectivity index (χ1n) is 8.83. The number of hydrogen-bond acceptors (Lipinski definition) is 6. The fourth-order valence-electron chi connectivity index (χ4n) is 2.81. The van der Waals surface area contributed by atoms with Gasteiger partial charge in [0.2, 0.25) is 5.78 Å². The van der Waals surface area contributed by atoms with Crippen LogP contribution in [0, 0.1) is 20.8 Å². The van der Waals surface area contributed by atoms with Gasteiger partial charge in [-0.15, -0.1) is 11.3 Å². The number of carbonyl (C=O) groups is 2. The van der Waals surface area contributed by atoms with Gasteiger partial charge in [0.05, 0.1) is 10.7 Å². The van der Waals surface area contributed by atoms with Crippen molar-refractivity contribution in [2.75, 3.05) is 6.61 Å². The van der Waals surface area contributed by atoms with Crippen LogP contribution in [0.2, 0.25) is 0 Å². The Hall–Kier alpha value is -2.93. The lowest BCUT2D eigenvalue weighted by Gasteiger charge is -2.10. The van der Waals surface area contributed by atoms with Crippen LogP contribution in [0.1, 0.15) is 42.8 Å². The van der Waals surface area contributed by atoms with Crippen LogP contribution in [-0.4, -0.2) is 27.9 Å². The van der Waals surface area contributed by atoms with E-state index in [-0.39, 0.29) is 24.6 Å². The van der Waals surface area contributed by atoms with Crippen molar-refractivity contribution in [1.82, 2.24) is 9.55 Å². The van der Waals surface area contributed by atoms with E-state index < -0.39 is 5.97 Å². The Morgan fingerprint density at radius 1 is 1.14 bits per heavy atom. The van der Waals surface area contributed by atoms with Crippen molar-refractivity contribution < 1.29 is 19.1 Å². The molecule has 146 valence electrons. The van der Waals surface area contributed by atoms with Crippen LogP contribution in [0.15, 0.2) is 35.7 Å². The summed E-state index contributed by atoms with van der Waals surface area (Å²) in [6.07, 6.45) is 0. The van der Waals surface area contributed by atoms with Crippen LogP contribution < -0.4 is 4.74 Å². The van der Waals surface area contributed by atoms with Gasteiger partial charge >= 0.3 is 5.97 Å². The van der Waals surface area contributed by atoms with Gasteiger partial charge in [-0.05, 0) is 39.0 Å². The molecule has 3 rings (SSSR count). The van der Waals surface area contributed by atoms with Crippen molar-refractivity contribution in [2.24, 2.45) is 7.05 Å². The molecule has 0 fully saturated rings. The smallest absolute Gasteiger partial charge is 0.342 e. The predicted molar refractivity (Wildman–Crippen MR) is 107 cm³/mol. The van der Waals surface area contributed by atoms with Crippen molar-refractivity contribution in [3.8, 4) is 5.75 Å². The molecule has 0 N–H and O–H groups in total. The molecule has 3 aromatic rings. The number of para-hydroxylation sites is 1. The molecule has 0 aliphatic rings. The summed E-state index contributed by atoms with van der Waals surface area (Å²) in [7, 11) is 1.89. The Kier molecular flexibility index (Phi) is 5.94. The fraction of sp³-hybridized carbons (Fsp3) is 0.286. The third-order valence-corrected chi connectivity index (χ3v) is 5.38. The van der Waals surface area contributed by atoms with E-state index >= 15 is 0 Å². The average Bonchev–Trinajstić information content (AvgIpc) is 3.22. The third-order valence-electron chi connectivity index (χ3n) is 4.56. The number of ketones is 1. The number of aryl methyl sites for hydroxylation is 2. The van der Waals surface area contributed by atoms with Gasteiger partial charge in [-0.3, -0.25) is 4.79 Å². The highest BCUT2D eigenvalue weighted by Crippen LogP contribution is 2.21. The molecule has 2 aromatic heterocycles. The maximum atomic E-state index is 12.5. The highest BCUT2D eigenvalue weighted by molar-refractivity contribution is 7.09. The largest absolute Gasteiger partial charge is 0.486 e. The van der Waals surface area contributed by atoms with Gasteiger partial charge in [0.1, 0.15) is 17.9 Å². The zero-order chi connectivity index (χ0) is 20.3. The van der Waals surface area contributed by atoms with E-state index in [1.165, 1.54) is 0 Å². The van der Waals surface area contributed by atoms with E-state index in [2.05, 4.69) is 4.98 Å². The molecular weight excluding hydrogens is 376 g/mol. The van der Waals surface area contributed by atoms with Crippen LogP contribution in [0.3, 0.4) is 0 Å². The van der Waals surface area contributed by atoms with Gasteiger partial charge in [-0.25, -0.2) is 9.78 Å². The quantitative estimate of drug-likeness (QED) is 0.444. The standard InChI is InChI=1S/C21H22N2O4S/c1-13-9-18(14(2)23(13)4)19(24)11-27-21(25)17-7-5-6-8-20(17)26-10-16-12-28-15(3)22-16/h5-9,12H,10-11H2,1-4H3. The molecule has 0 unspecified atom stereocenters. The molecule has 7 heteroatoms. The van der Waals surface area contributed by atoms with Gasteiger partial charge in [-0.1, -0.05) is 12.1 Å². The monoisotopic (exact) mass is 398 g/mol. The van der Waals surface area contributed by atoms with E-state index in [1.54, 1.807) is 41.7 Å². The summed E-state index contributed by atoms with van der Waals surface area (Å²) in [6, 6.07) is 8.62. The number of nitrogens with zero attached hydrogens (tertiary/aromatic N) is 2. The Bertz CT molecular complexity index is 1020. The molecule has 28 heavy (non-hydrogen) atoms. The number of ether oxygens (including phenoxy) is 2. The number of thiazole rings is 1. The van der Waals surface area contributed by atoms with Crippen LogP contribution in [-0.2, 0) is 18.4 Å². The SMILES string of the molecule is Cc1nc(COc2ccccc2C(=O)OCC(=O)c2cc(C)n(C)c2C)cs1. The normalized spacial score (nSPS) is 10.7. The minimum absolute atomic E-state index is 0.231. The van der Waals surface area contributed by atoms with Gasteiger partial charge in [0, 0.05) is 29.4 Å². The molecule has 0 atom stereocenters. The van der Waals surface area contributed by atoms with E-state index in [0.29, 0.717) is 11.3 Å². The summed E-state index contributed by atoms with van der Waals surface area (Å²) >= 11 is 1.54. The zero-order valence-electron chi connectivity index (χ0n) is 16.3. The lowest BCUT2D eigenvalue weighted by Crippen LogP contribution is -2.15. The second-order valence-electron chi connectivity index (χ2n) is 6.49. The number of benzene rings is 1. The maximum absolute atomic E-state index is 12.5. The first-order chi connectivity index (χ1) is 13.4. The maximum Gasteiger partial charge on any atom is 0.342 e. The minimum Gasteiger partial charge on any atom is -0.486 e. The molecular formula is C21H22N2O4S. The number of rotatable bonds is 7. The van der Waals surface area contributed by atoms with Crippen LogP contribution in [0.4, 0.5) is 0 Å². The summed E-state index contributed by atoms with van der Waals surface area (Å²) in [5.74, 6) is -0.424. The molecule has 0 spiro atoms. The highest BCUT2D eigenvalue weighted by Gasteiger charge is 2.19. The van der Waals surface area contributed by atoms with Gasteiger partial charge in [0.15, 0.2) is 6.61 Å². The Morgan fingerprint density at radius 3 is 2.54 bits per heavy atom. The summed E-state index contributed by atoms with van der Waals surface area (Å²) in [4.78, 5) is 29.3. The molecule has 0 radical (unpaired) electrons.